The highest BCUT2D eigenvalue weighted by molar-refractivity contribution is 5.77. The molecule has 0 radical (unpaired) electrons. The molecule has 0 saturated carbocycles. The van der Waals surface area contributed by atoms with E-state index in [2.05, 4.69) is 17.2 Å². The van der Waals surface area contributed by atoms with Gasteiger partial charge in [0.2, 0.25) is 5.91 Å². The average Bonchev–Trinajstić information content (AvgIpc) is 2.33. The van der Waals surface area contributed by atoms with Gasteiger partial charge in [0, 0.05) is 6.54 Å². The summed E-state index contributed by atoms with van der Waals surface area (Å²) < 4.78 is 0. The molecule has 86 valence electrons. The summed E-state index contributed by atoms with van der Waals surface area (Å²) >= 11 is 0. The molecule has 3 heteroatoms. The zero-order chi connectivity index (χ0) is 11.6. The van der Waals surface area contributed by atoms with Gasteiger partial charge in [-0.05, 0) is 18.5 Å². The Balaban J connectivity index is 2.13. The van der Waals surface area contributed by atoms with E-state index in [0.29, 0.717) is 13.1 Å². The molecular formula is C13H18N2O. The Morgan fingerprint density at radius 1 is 1.31 bits per heavy atom. The molecule has 0 unspecified atom stereocenters. The van der Waals surface area contributed by atoms with Crippen molar-refractivity contribution >= 4 is 5.91 Å². The summed E-state index contributed by atoms with van der Waals surface area (Å²) in [6.07, 6.45) is 2.71. The van der Waals surface area contributed by atoms with Gasteiger partial charge in [0.1, 0.15) is 0 Å². The predicted octanol–water partition coefficient (Wildman–Crippen LogP) is 1.47. The van der Waals surface area contributed by atoms with Crippen LogP contribution in [-0.4, -0.2) is 19.0 Å². The Bertz CT molecular complexity index is 322. The van der Waals surface area contributed by atoms with Gasteiger partial charge in [-0.1, -0.05) is 36.4 Å². The van der Waals surface area contributed by atoms with Crippen LogP contribution in [0.2, 0.25) is 0 Å². The van der Waals surface area contributed by atoms with Crippen molar-refractivity contribution in [1.29, 1.82) is 0 Å². The maximum Gasteiger partial charge on any atom is 0.234 e. The Kier molecular flexibility index (Phi) is 5.96. The molecule has 2 N–H and O–H groups in total. The summed E-state index contributed by atoms with van der Waals surface area (Å²) in [5.41, 5.74) is 1.11. The van der Waals surface area contributed by atoms with E-state index in [9.17, 15) is 4.79 Å². The van der Waals surface area contributed by atoms with E-state index in [-0.39, 0.29) is 5.91 Å². The Labute approximate surface area is 96.6 Å². The van der Waals surface area contributed by atoms with E-state index in [1.54, 1.807) is 0 Å². The van der Waals surface area contributed by atoms with Crippen LogP contribution in [0.1, 0.15) is 12.0 Å². The SMILES string of the molecule is C=CCCNCC(=O)NCc1ccccc1. The molecule has 16 heavy (non-hydrogen) atoms. The third-order valence-corrected chi connectivity index (χ3v) is 2.14. The second-order valence-electron chi connectivity index (χ2n) is 3.52. The van der Waals surface area contributed by atoms with Gasteiger partial charge in [0.15, 0.2) is 0 Å². The number of carbonyl (C=O) groups is 1. The predicted molar refractivity (Wildman–Crippen MR) is 66.0 cm³/mol. The summed E-state index contributed by atoms with van der Waals surface area (Å²) in [5.74, 6) is 0.0212. The minimum atomic E-state index is 0.0212. The van der Waals surface area contributed by atoms with Gasteiger partial charge in [-0.15, -0.1) is 6.58 Å². The van der Waals surface area contributed by atoms with E-state index >= 15 is 0 Å². The quantitative estimate of drug-likeness (QED) is 0.537. The molecule has 0 fully saturated rings. The molecule has 1 aromatic carbocycles. The number of carbonyl (C=O) groups excluding carboxylic acids is 1. The molecule has 1 amide bonds. The van der Waals surface area contributed by atoms with Gasteiger partial charge in [-0.25, -0.2) is 0 Å². The zero-order valence-corrected chi connectivity index (χ0v) is 9.41. The van der Waals surface area contributed by atoms with Crippen LogP contribution in [-0.2, 0) is 11.3 Å². The fourth-order valence-corrected chi connectivity index (χ4v) is 1.27. The molecule has 0 bridgehead atoms. The number of nitrogens with one attached hydrogen (secondary N) is 2. The summed E-state index contributed by atoms with van der Waals surface area (Å²) in [6, 6.07) is 9.87. The molecule has 3 nitrogen and oxygen atoms in total. The van der Waals surface area contributed by atoms with Crippen molar-refractivity contribution in [2.24, 2.45) is 0 Å². The minimum Gasteiger partial charge on any atom is -0.351 e. The van der Waals surface area contributed by atoms with E-state index < -0.39 is 0 Å². The monoisotopic (exact) mass is 218 g/mol. The van der Waals surface area contributed by atoms with E-state index in [4.69, 9.17) is 0 Å². The Morgan fingerprint density at radius 2 is 2.06 bits per heavy atom. The van der Waals surface area contributed by atoms with Gasteiger partial charge < -0.3 is 10.6 Å². The fraction of sp³-hybridized carbons (Fsp3) is 0.308. The van der Waals surface area contributed by atoms with Gasteiger partial charge in [0.05, 0.1) is 6.54 Å². The number of amides is 1. The molecule has 0 aliphatic heterocycles. The number of hydrogen-bond donors (Lipinski definition) is 2. The van der Waals surface area contributed by atoms with Crippen molar-refractivity contribution in [3.63, 3.8) is 0 Å². The number of hydrogen-bond acceptors (Lipinski definition) is 2. The van der Waals surface area contributed by atoms with Crippen LogP contribution in [0.5, 0.6) is 0 Å². The van der Waals surface area contributed by atoms with Crippen molar-refractivity contribution in [3.8, 4) is 0 Å². The fourth-order valence-electron chi connectivity index (χ4n) is 1.27. The lowest BCUT2D eigenvalue weighted by Crippen LogP contribution is -2.33. The first-order chi connectivity index (χ1) is 7.83. The van der Waals surface area contributed by atoms with E-state index in [0.717, 1.165) is 18.5 Å². The molecule has 0 aliphatic rings. The molecule has 0 aromatic heterocycles. The van der Waals surface area contributed by atoms with Crippen LogP contribution in [0, 0.1) is 0 Å². The van der Waals surface area contributed by atoms with Crippen molar-refractivity contribution in [2.45, 2.75) is 13.0 Å². The topological polar surface area (TPSA) is 41.1 Å². The molecule has 0 aliphatic carbocycles. The minimum absolute atomic E-state index is 0.0212. The molecule has 0 atom stereocenters. The summed E-state index contributed by atoms with van der Waals surface area (Å²) in [4.78, 5) is 11.4. The first-order valence-electron chi connectivity index (χ1n) is 5.45. The van der Waals surface area contributed by atoms with Crippen molar-refractivity contribution in [2.75, 3.05) is 13.1 Å². The molecule has 1 aromatic rings. The smallest absolute Gasteiger partial charge is 0.234 e. The molecule has 0 saturated heterocycles. The van der Waals surface area contributed by atoms with Crippen LogP contribution in [0.15, 0.2) is 43.0 Å². The largest absolute Gasteiger partial charge is 0.351 e. The van der Waals surface area contributed by atoms with E-state index in [1.165, 1.54) is 0 Å². The van der Waals surface area contributed by atoms with Gasteiger partial charge in [-0.3, -0.25) is 4.79 Å². The Morgan fingerprint density at radius 3 is 2.75 bits per heavy atom. The molecular weight excluding hydrogens is 200 g/mol. The van der Waals surface area contributed by atoms with E-state index in [1.807, 2.05) is 36.4 Å². The second-order valence-corrected chi connectivity index (χ2v) is 3.52. The zero-order valence-electron chi connectivity index (χ0n) is 9.41. The lowest BCUT2D eigenvalue weighted by atomic mass is 10.2. The lowest BCUT2D eigenvalue weighted by Gasteiger charge is -2.05. The third kappa shape index (κ3) is 5.32. The molecule has 1 rings (SSSR count). The van der Waals surface area contributed by atoms with Crippen LogP contribution in [0.4, 0.5) is 0 Å². The maximum atomic E-state index is 11.4. The normalized spacial score (nSPS) is 9.75. The van der Waals surface area contributed by atoms with Gasteiger partial charge in [0.25, 0.3) is 0 Å². The number of rotatable bonds is 7. The standard InChI is InChI=1S/C13H18N2O/c1-2-3-9-14-11-13(16)15-10-12-7-5-4-6-8-12/h2,4-8,14H,1,3,9-11H2,(H,15,16). The third-order valence-electron chi connectivity index (χ3n) is 2.14. The average molecular weight is 218 g/mol. The highest BCUT2D eigenvalue weighted by Crippen LogP contribution is 1.96. The van der Waals surface area contributed by atoms with Crippen molar-refractivity contribution < 1.29 is 4.79 Å². The lowest BCUT2D eigenvalue weighted by molar-refractivity contribution is -0.120. The highest BCUT2D eigenvalue weighted by Gasteiger charge is 1.99. The summed E-state index contributed by atoms with van der Waals surface area (Å²) in [7, 11) is 0. The van der Waals surface area contributed by atoms with Crippen molar-refractivity contribution in [1.82, 2.24) is 10.6 Å². The first kappa shape index (κ1) is 12.5. The summed E-state index contributed by atoms with van der Waals surface area (Å²) in [5, 5.41) is 5.89. The van der Waals surface area contributed by atoms with Crippen LogP contribution in [0.3, 0.4) is 0 Å². The Hall–Kier alpha value is -1.61. The highest BCUT2D eigenvalue weighted by atomic mass is 16.1. The first-order valence-corrected chi connectivity index (χ1v) is 5.45. The van der Waals surface area contributed by atoms with Crippen LogP contribution in [0.25, 0.3) is 0 Å². The van der Waals surface area contributed by atoms with Crippen molar-refractivity contribution in [3.05, 3.63) is 48.6 Å². The van der Waals surface area contributed by atoms with Gasteiger partial charge in [-0.2, -0.15) is 0 Å². The summed E-state index contributed by atoms with van der Waals surface area (Å²) in [6.45, 7) is 5.35. The van der Waals surface area contributed by atoms with Crippen LogP contribution >= 0.6 is 0 Å². The number of benzene rings is 1. The molecule has 0 heterocycles. The maximum absolute atomic E-state index is 11.4. The second kappa shape index (κ2) is 7.65. The van der Waals surface area contributed by atoms with Crippen LogP contribution < -0.4 is 10.6 Å². The molecule has 0 spiro atoms. The van der Waals surface area contributed by atoms with Gasteiger partial charge >= 0.3 is 0 Å².